The first-order valence-corrected chi connectivity index (χ1v) is 8.00. The summed E-state index contributed by atoms with van der Waals surface area (Å²) in [6.45, 7) is 2.83. The van der Waals surface area contributed by atoms with E-state index in [1.54, 1.807) is 0 Å². The van der Waals surface area contributed by atoms with Gasteiger partial charge in [-0.3, -0.25) is 0 Å². The molecule has 1 aromatic rings. The minimum atomic E-state index is -0.0836. The highest BCUT2D eigenvalue weighted by Crippen LogP contribution is 2.29. The smallest absolute Gasteiger partial charge is 0.315 e. The van der Waals surface area contributed by atoms with Gasteiger partial charge in [-0.15, -0.1) is 0 Å². The van der Waals surface area contributed by atoms with Gasteiger partial charge in [0.2, 0.25) is 0 Å². The summed E-state index contributed by atoms with van der Waals surface area (Å²) in [7, 11) is 0. The number of urea groups is 1. The molecule has 1 saturated heterocycles. The molecule has 1 heterocycles. The highest BCUT2D eigenvalue weighted by Gasteiger charge is 2.25. The summed E-state index contributed by atoms with van der Waals surface area (Å²) in [5.41, 5.74) is 2.63. The summed E-state index contributed by atoms with van der Waals surface area (Å²) in [5.74, 6) is 0. The minimum absolute atomic E-state index is 0.0614. The first-order chi connectivity index (χ1) is 10.2. The maximum absolute atomic E-state index is 12.2. The van der Waals surface area contributed by atoms with Gasteiger partial charge in [-0.05, 0) is 50.2 Å². The molecule has 3 rings (SSSR count). The molecule has 4 nitrogen and oxygen atoms in total. The van der Waals surface area contributed by atoms with Gasteiger partial charge in [0, 0.05) is 6.61 Å². The van der Waals surface area contributed by atoms with Crippen LogP contribution < -0.4 is 10.6 Å². The average molecular weight is 288 g/mol. The Bertz CT molecular complexity index is 497. The topological polar surface area (TPSA) is 50.4 Å². The number of benzene rings is 1. The second kappa shape index (κ2) is 6.48. The summed E-state index contributed by atoms with van der Waals surface area (Å²) in [5, 5.41) is 6.15. The molecule has 1 fully saturated rings. The molecule has 4 heteroatoms. The fraction of sp³-hybridized carbons (Fsp3) is 0.588. The molecule has 2 amide bonds. The van der Waals surface area contributed by atoms with Gasteiger partial charge in [0.25, 0.3) is 0 Å². The van der Waals surface area contributed by atoms with E-state index in [1.807, 2.05) is 13.0 Å². The van der Waals surface area contributed by atoms with Crippen LogP contribution in [0.4, 0.5) is 4.79 Å². The Labute approximate surface area is 126 Å². The summed E-state index contributed by atoms with van der Waals surface area (Å²) in [6, 6.07) is 8.52. The standard InChI is InChI=1S/C17H24N2O2/c1-12(16-10-5-11-21-16)18-17(20)19-15-9-4-7-13-6-2-3-8-14(13)15/h2-3,6,8,12,15-16H,4-5,7,9-11H2,1H3,(H2,18,19,20). The van der Waals surface area contributed by atoms with Crippen molar-refractivity contribution in [1.82, 2.24) is 10.6 Å². The SMILES string of the molecule is CC(NC(=O)NC1CCCc2ccccc21)C1CCCO1. The third kappa shape index (κ3) is 3.38. The van der Waals surface area contributed by atoms with Gasteiger partial charge >= 0.3 is 6.03 Å². The quantitative estimate of drug-likeness (QED) is 0.898. The second-order valence-corrected chi connectivity index (χ2v) is 6.10. The summed E-state index contributed by atoms with van der Waals surface area (Å²) < 4.78 is 5.62. The van der Waals surface area contributed by atoms with Crippen molar-refractivity contribution in [3.8, 4) is 0 Å². The third-order valence-corrected chi connectivity index (χ3v) is 4.56. The van der Waals surface area contributed by atoms with Gasteiger partial charge in [0.05, 0.1) is 18.2 Å². The van der Waals surface area contributed by atoms with Crippen molar-refractivity contribution in [2.45, 2.75) is 57.2 Å². The molecular formula is C17H24N2O2. The number of rotatable bonds is 3. The Kier molecular flexibility index (Phi) is 4.44. The lowest BCUT2D eigenvalue weighted by Gasteiger charge is -2.28. The van der Waals surface area contributed by atoms with Crippen LogP contribution in [-0.4, -0.2) is 24.8 Å². The van der Waals surface area contributed by atoms with E-state index in [9.17, 15) is 4.79 Å². The molecule has 1 aliphatic heterocycles. The molecule has 0 bridgehead atoms. The molecule has 1 aliphatic carbocycles. The molecule has 0 spiro atoms. The number of ether oxygens (including phenoxy) is 1. The molecule has 21 heavy (non-hydrogen) atoms. The summed E-state index contributed by atoms with van der Waals surface area (Å²) in [4.78, 5) is 12.2. The van der Waals surface area contributed by atoms with Crippen LogP contribution in [0.2, 0.25) is 0 Å². The molecule has 3 atom stereocenters. The van der Waals surface area contributed by atoms with Gasteiger partial charge in [-0.2, -0.15) is 0 Å². The normalized spacial score (nSPS) is 26.0. The maximum atomic E-state index is 12.2. The highest BCUT2D eigenvalue weighted by atomic mass is 16.5. The summed E-state index contributed by atoms with van der Waals surface area (Å²) >= 11 is 0. The predicted octanol–water partition coefficient (Wildman–Crippen LogP) is 2.93. The number of nitrogens with one attached hydrogen (secondary N) is 2. The van der Waals surface area contributed by atoms with E-state index in [1.165, 1.54) is 11.1 Å². The van der Waals surface area contributed by atoms with Crippen molar-refractivity contribution >= 4 is 6.03 Å². The Morgan fingerprint density at radius 1 is 1.29 bits per heavy atom. The molecule has 2 aliphatic rings. The van der Waals surface area contributed by atoms with Crippen molar-refractivity contribution in [2.75, 3.05) is 6.61 Å². The number of fused-ring (bicyclic) bond motifs is 1. The zero-order valence-corrected chi connectivity index (χ0v) is 12.6. The van der Waals surface area contributed by atoms with Crippen molar-refractivity contribution < 1.29 is 9.53 Å². The lowest BCUT2D eigenvalue weighted by molar-refractivity contribution is 0.0858. The zero-order valence-electron chi connectivity index (χ0n) is 12.6. The first-order valence-electron chi connectivity index (χ1n) is 8.00. The number of hydrogen-bond acceptors (Lipinski definition) is 2. The minimum Gasteiger partial charge on any atom is -0.376 e. The van der Waals surface area contributed by atoms with E-state index >= 15 is 0 Å². The monoisotopic (exact) mass is 288 g/mol. The van der Waals surface area contributed by atoms with Crippen LogP contribution in [0.3, 0.4) is 0 Å². The van der Waals surface area contributed by atoms with Crippen LogP contribution in [0, 0.1) is 0 Å². The number of carbonyl (C=O) groups excluding carboxylic acids is 1. The molecule has 2 N–H and O–H groups in total. The molecule has 114 valence electrons. The Morgan fingerprint density at radius 2 is 2.14 bits per heavy atom. The average Bonchev–Trinajstić information content (AvgIpc) is 3.02. The van der Waals surface area contributed by atoms with E-state index in [4.69, 9.17) is 4.74 Å². The van der Waals surface area contributed by atoms with Crippen LogP contribution >= 0.6 is 0 Å². The van der Waals surface area contributed by atoms with Gasteiger partial charge in [0.1, 0.15) is 0 Å². The Hall–Kier alpha value is -1.55. The van der Waals surface area contributed by atoms with E-state index in [0.717, 1.165) is 38.7 Å². The molecule has 3 unspecified atom stereocenters. The molecule has 0 aromatic heterocycles. The fourth-order valence-corrected chi connectivity index (χ4v) is 3.40. The Morgan fingerprint density at radius 3 is 2.95 bits per heavy atom. The predicted molar refractivity (Wildman–Crippen MR) is 82.2 cm³/mol. The van der Waals surface area contributed by atoms with Crippen molar-refractivity contribution in [2.24, 2.45) is 0 Å². The molecule has 0 saturated carbocycles. The van der Waals surface area contributed by atoms with Gasteiger partial charge in [-0.1, -0.05) is 24.3 Å². The van der Waals surface area contributed by atoms with Crippen LogP contribution in [0.1, 0.15) is 49.8 Å². The molecular weight excluding hydrogens is 264 g/mol. The summed E-state index contributed by atoms with van der Waals surface area (Å²) in [6.07, 6.45) is 5.54. The fourth-order valence-electron chi connectivity index (χ4n) is 3.40. The van der Waals surface area contributed by atoms with Gasteiger partial charge in [-0.25, -0.2) is 4.79 Å². The van der Waals surface area contributed by atoms with Crippen molar-refractivity contribution in [1.29, 1.82) is 0 Å². The van der Waals surface area contributed by atoms with Gasteiger partial charge < -0.3 is 15.4 Å². The molecule has 1 aromatic carbocycles. The maximum Gasteiger partial charge on any atom is 0.315 e. The van der Waals surface area contributed by atoms with Crippen LogP contribution in [-0.2, 0) is 11.2 Å². The highest BCUT2D eigenvalue weighted by molar-refractivity contribution is 5.75. The van der Waals surface area contributed by atoms with E-state index in [-0.39, 0.29) is 24.2 Å². The van der Waals surface area contributed by atoms with E-state index in [2.05, 4.69) is 28.8 Å². The van der Waals surface area contributed by atoms with Crippen LogP contribution in [0.15, 0.2) is 24.3 Å². The van der Waals surface area contributed by atoms with Crippen LogP contribution in [0.25, 0.3) is 0 Å². The number of carbonyl (C=O) groups is 1. The second-order valence-electron chi connectivity index (χ2n) is 6.10. The van der Waals surface area contributed by atoms with Gasteiger partial charge in [0.15, 0.2) is 0 Å². The van der Waals surface area contributed by atoms with Crippen molar-refractivity contribution in [3.63, 3.8) is 0 Å². The third-order valence-electron chi connectivity index (χ3n) is 4.56. The number of aryl methyl sites for hydroxylation is 1. The van der Waals surface area contributed by atoms with Crippen LogP contribution in [0.5, 0.6) is 0 Å². The number of hydrogen-bond donors (Lipinski definition) is 2. The Balaban J connectivity index is 1.58. The number of amides is 2. The lowest BCUT2D eigenvalue weighted by Crippen LogP contribution is -2.47. The van der Waals surface area contributed by atoms with Crippen molar-refractivity contribution in [3.05, 3.63) is 35.4 Å². The van der Waals surface area contributed by atoms with E-state index in [0.29, 0.717) is 0 Å². The lowest BCUT2D eigenvalue weighted by atomic mass is 9.88. The van der Waals surface area contributed by atoms with E-state index < -0.39 is 0 Å². The molecule has 0 radical (unpaired) electrons. The zero-order chi connectivity index (χ0) is 14.7. The largest absolute Gasteiger partial charge is 0.376 e. The first kappa shape index (κ1) is 14.4.